The number of hydrogen-bond acceptors (Lipinski definition) is 6. The molecule has 174 valence electrons. The number of nitrogens with zero attached hydrogens (tertiary/aromatic N) is 3. The van der Waals surface area contributed by atoms with E-state index >= 15 is 0 Å². The molecule has 0 saturated heterocycles. The summed E-state index contributed by atoms with van der Waals surface area (Å²) in [5.41, 5.74) is 2.17. The normalized spacial score (nSPS) is 11.7. The van der Waals surface area contributed by atoms with Crippen LogP contribution in [0, 0.1) is 5.82 Å². The Hall–Kier alpha value is -3.18. The first kappa shape index (κ1) is 24.0. The van der Waals surface area contributed by atoms with Crippen molar-refractivity contribution in [3.05, 3.63) is 106 Å². The van der Waals surface area contributed by atoms with Crippen LogP contribution >= 0.6 is 23.3 Å². The minimum atomic E-state index is -2.78. The first-order valence-electron chi connectivity index (χ1n) is 10.00. The number of nitrogens with one attached hydrogen (secondary N) is 1. The summed E-state index contributed by atoms with van der Waals surface area (Å²) in [5, 5.41) is 2.88. The fourth-order valence-corrected chi connectivity index (χ4v) is 4.74. The highest BCUT2D eigenvalue weighted by molar-refractivity contribution is 7.81. The van der Waals surface area contributed by atoms with E-state index < -0.39 is 23.0 Å². The van der Waals surface area contributed by atoms with Gasteiger partial charge in [-0.05, 0) is 35.4 Å². The molecule has 0 spiro atoms. The van der Waals surface area contributed by atoms with Crippen molar-refractivity contribution in [2.24, 2.45) is 0 Å². The summed E-state index contributed by atoms with van der Waals surface area (Å²) >= 11 is 4.15. The lowest BCUT2D eigenvalue weighted by molar-refractivity contribution is 0.0951. The maximum Gasteiger partial charge on any atom is 0.253 e. The van der Waals surface area contributed by atoms with Crippen LogP contribution in [-0.2, 0) is 24.2 Å². The number of anilines is 2. The number of halogens is 2. The second-order valence-electron chi connectivity index (χ2n) is 7.14. The van der Waals surface area contributed by atoms with Gasteiger partial charge in [0.15, 0.2) is 5.82 Å². The molecule has 0 radical (unpaired) electrons. The van der Waals surface area contributed by atoms with E-state index in [9.17, 15) is 17.9 Å². The summed E-state index contributed by atoms with van der Waals surface area (Å²) < 4.78 is 47.4. The fraction of sp³-hybridized carbons (Fsp3) is 0.0870. The molecular formula is C23H17ClFN4O3S2-. The Labute approximate surface area is 207 Å². The van der Waals surface area contributed by atoms with Gasteiger partial charge in [0.25, 0.3) is 5.91 Å². The molecule has 11 heteroatoms. The van der Waals surface area contributed by atoms with Crippen LogP contribution in [-0.4, -0.2) is 23.4 Å². The lowest BCUT2D eigenvalue weighted by Gasteiger charge is -2.26. The number of benzene rings is 3. The van der Waals surface area contributed by atoms with E-state index in [0.717, 1.165) is 27.7 Å². The number of rotatable bonds is 8. The van der Waals surface area contributed by atoms with Crippen LogP contribution < -0.4 is 9.62 Å². The van der Waals surface area contributed by atoms with Crippen molar-refractivity contribution in [2.75, 3.05) is 4.31 Å². The van der Waals surface area contributed by atoms with Gasteiger partial charge in [-0.3, -0.25) is 13.3 Å². The van der Waals surface area contributed by atoms with Crippen molar-refractivity contribution in [2.45, 2.75) is 13.0 Å². The maximum absolute atomic E-state index is 13.3. The van der Waals surface area contributed by atoms with Gasteiger partial charge in [0.1, 0.15) is 11.5 Å². The van der Waals surface area contributed by atoms with Gasteiger partial charge in [-0.2, -0.15) is 8.75 Å². The van der Waals surface area contributed by atoms with E-state index in [2.05, 4.69) is 14.1 Å². The zero-order chi connectivity index (χ0) is 24.1. The Morgan fingerprint density at radius 3 is 2.56 bits per heavy atom. The van der Waals surface area contributed by atoms with E-state index in [-0.39, 0.29) is 28.6 Å². The first-order valence-corrected chi connectivity index (χ1v) is 12.1. The molecule has 1 heterocycles. The number of aromatic nitrogens is 2. The van der Waals surface area contributed by atoms with Crippen molar-refractivity contribution >= 4 is 52.0 Å². The van der Waals surface area contributed by atoms with E-state index in [1.807, 2.05) is 30.3 Å². The molecule has 1 atom stereocenters. The van der Waals surface area contributed by atoms with Gasteiger partial charge >= 0.3 is 0 Å². The summed E-state index contributed by atoms with van der Waals surface area (Å²) in [4.78, 5) is 13.0. The van der Waals surface area contributed by atoms with Gasteiger partial charge in [-0.1, -0.05) is 60.1 Å². The highest BCUT2D eigenvalue weighted by atomic mass is 35.5. The van der Waals surface area contributed by atoms with Crippen molar-refractivity contribution in [3.8, 4) is 0 Å². The zero-order valence-electron chi connectivity index (χ0n) is 17.5. The fourth-order valence-electron chi connectivity index (χ4n) is 3.30. The van der Waals surface area contributed by atoms with Gasteiger partial charge in [-0.25, -0.2) is 4.39 Å². The zero-order valence-corrected chi connectivity index (χ0v) is 19.9. The molecule has 0 aliphatic heterocycles. The van der Waals surface area contributed by atoms with Crippen LogP contribution in [0.3, 0.4) is 0 Å². The molecule has 1 amide bonds. The molecule has 7 nitrogen and oxygen atoms in total. The molecule has 4 aromatic rings. The van der Waals surface area contributed by atoms with Crippen LogP contribution in [0.1, 0.15) is 27.2 Å². The largest absolute Gasteiger partial charge is 0.755 e. The van der Waals surface area contributed by atoms with E-state index in [1.54, 1.807) is 12.1 Å². The third-order valence-corrected chi connectivity index (χ3v) is 6.49. The number of hydrogen-bond donors (Lipinski definition) is 1. The van der Waals surface area contributed by atoms with Crippen molar-refractivity contribution < 1.29 is 17.9 Å². The molecule has 1 unspecified atom stereocenters. The minimum absolute atomic E-state index is 0.0320. The minimum Gasteiger partial charge on any atom is -0.755 e. The first-order chi connectivity index (χ1) is 16.4. The third kappa shape index (κ3) is 5.48. The predicted molar refractivity (Wildman–Crippen MR) is 129 cm³/mol. The third-order valence-electron chi connectivity index (χ3n) is 4.91. The number of para-hydroxylation sites is 1. The lowest BCUT2D eigenvalue weighted by atomic mass is 10.1. The van der Waals surface area contributed by atoms with Crippen LogP contribution in [0.15, 0.2) is 72.8 Å². The molecule has 1 aromatic heterocycles. The SMILES string of the molecule is O=C(NCc1ccc(F)cc1Cl)c1ccccc1N(c1nsnc1Cc1ccccc1)S(=O)[O-]. The molecule has 4 rings (SSSR count). The highest BCUT2D eigenvalue weighted by Gasteiger charge is 2.24. The lowest BCUT2D eigenvalue weighted by Crippen LogP contribution is -2.28. The van der Waals surface area contributed by atoms with Crippen LogP contribution in [0.2, 0.25) is 5.02 Å². The Morgan fingerprint density at radius 2 is 1.82 bits per heavy atom. The molecule has 0 fully saturated rings. The molecule has 3 aromatic carbocycles. The summed E-state index contributed by atoms with van der Waals surface area (Å²) in [6, 6.07) is 19.6. The molecule has 0 aliphatic rings. The molecule has 0 bridgehead atoms. The van der Waals surface area contributed by atoms with Gasteiger partial charge in [-0.15, -0.1) is 0 Å². The van der Waals surface area contributed by atoms with Crippen LogP contribution in [0.5, 0.6) is 0 Å². The highest BCUT2D eigenvalue weighted by Crippen LogP contribution is 2.32. The second kappa shape index (κ2) is 10.8. The molecule has 0 saturated carbocycles. The standard InChI is InChI=1S/C23H18ClFN4O3S2/c24-19-13-17(25)11-10-16(19)14-26-23(30)18-8-4-5-9-21(18)29(34(31)32)22-20(27-33-28-22)12-15-6-2-1-3-7-15/h1-11,13H,12,14H2,(H,26,30)(H,31,32)/p-1. The van der Waals surface area contributed by atoms with Crippen LogP contribution in [0.25, 0.3) is 0 Å². The summed E-state index contributed by atoms with van der Waals surface area (Å²) in [6.45, 7) is 0.0320. The average molecular weight is 516 g/mol. The van der Waals surface area contributed by atoms with Gasteiger partial charge in [0, 0.05) is 18.0 Å². The Bertz CT molecular complexity index is 1340. The quantitative estimate of drug-likeness (QED) is 0.340. The van der Waals surface area contributed by atoms with E-state index in [0.29, 0.717) is 17.7 Å². The van der Waals surface area contributed by atoms with Crippen molar-refractivity contribution in [1.29, 1.82) is 0 Å². The monoisotopic (exact) mass is 515 g/mol. The second-order valence-corrected chi connectivity index (χ2v) is 8.88. The Balaban J connectivity index is 1.63. The summed E-state index contributed by atoms with van der Waals surface area (Å²) in [7, 11) is 0. The van der Waals surface area contributed by atoms with Gasteiger partial charge in [0.05, 0.1) is 34.2 Å². The number of amides is 1. The molecule has 1 N–H and O–H groups in total. The van der Waals surface area contributed by atoms with E-state index in [4.69, 9.17) is 11.6 Å². The van der Waals surface area contributed by atoms with Gasteiger partial charge in [0.2, 0.25) is 0 Å². The van der Waals surface area contributed by atoms with E-state index in [1.165, 1.54) is 24.3 Å². The van der Waals surface area contributed by atoms with Crippen molar-refractivity contribution in [3.63, 3.8) is 0 Å². The number of carbonyl (C=O) groups excluding carboxylic acids is 1. The van der Waals surface area contributed by atoms with Gasteiger partial charge < -0.3 is 9.87 Å². The smallest absolute Gasteiger partial charge is 0.253 e. The topological polar surface area (TPSA) is 98.2 Å². The molecule has 34 heavy (non-hydrogen) atoms. The number of carbonyl (C=O) groups is 1. The summed E-state index contributed by atoms with van der Waals surface area (Å²) in [6.07, 6.45) is 0.373. The average Bonchev–Trinajstić information content (AvgIpc) is 3.26. The Kier molecular flexibility index (Phi) is 7.63. The molecular weight excluding hydrogens is 499 g/mol. The Morgan fingerprint density at radius 1 is 1.09 bits per heavy atom. The van der Waals surface area contributed by atoms with Crippen molar-refractivity contribution in [1.82, 2.24) is 14.1 Å². The molecule has 0 aliphatic carbocycles. The van der Waals surface area contributed by atoms with Crippen LogP contribution in [0.4, 0.5) is 15.9 Å². The maximum atomic E-state index is 13.3. The predicted octanol–water partition coefficient (Wildman–Crippen LogP) is 4.78. The summed E-state index contributed by atoms with van der Waals surface area (Å²) in [5.74, 6) is -0.884.